The molecule has 0 saturated heterocycles. The van der Waals surface area contributed by atoms with Gasteiger partial charge < -0.3 is 5.32 Å². The maximum Gasteiger partial charge on any atom is 0.0326 e. The molecule has 0 heterocycles. The zero-order valence-electron chi connectivity index (χ0n) is 10.6. The Labute approximate surface area is 109 Å². The average molecular weight is 250 g/mol. The van der Waals surface area contributed by atoms with E-state index in [4.69, 9.17) is 11.6 Å². The van der Waals surface area contributed by atoms with Gasteiger partial charge in [0, 0.05) is 17.6 Å². The molecule has 1 aliphatic carbocycles. The lowest BCUT2D eigenvalue weighted by Gasteiger charge is -2.37. The normalized spacial score (nSPS) is 21.9. The van der Waals surface area contributed by atoms with Crippen molar-refractivity contribution in [1.29, 1.82) is 0 Å². The molecule has 0 aromatic heterocycles. The van der Waals surface area contributed by atoms with Gasteiger partial charge in [0.2, 0.25) is 0 Å². The number of hydrogen-bond acceptors (Lipinski definition) is 1. The summed E-state index contributed by atoms with van der Waals surface area (Å²) in [5.74, 6) is 0. The molecule has 1 atom stereocenters. The highest BCUT2D eigenvalue weighted by atomic mass is 35.5. The van der Waals surface area contributed by atoms with E-state index >= 15 is 0 Å². The fourth-order valence-electron chi connectivity index (χ4n) is 2.66. The number of fused-ring (bicyclic) bond motifs is 1. The van der Waals surface area contributed by atoms with Crippen LogP contribution in [0.2, 0.25) is 0 Å². The molecule has 92 valence electrons. The van der Waals surface area contributed by atoms with Gasteiger partial charge in [-0.3, -0.25) is 0 Å². The standard InChI is InChI=1S/C15H20ClN/c1-11(16)10-17-14-8-9-15(2,3)13-7-5-4-6-12(13)14/h4-7,14,17H,1,8-10H2,2-3H3. The van der Waals surface area contributed by atoms with Crippen LogP contribution in [-0.4, -0.2) is 6.54 Å². The van der Waals surface area contributed by atoms with Gasteiger partial charge in [0.15, 0.2) is 0 Å². The number of rotatable bonds is 3. The first-order chi connectivity index (χ1) is 8.00. The number of nitrogens with one attached hydrogen (secondary N) is 1. The lowest BCUT2D eigenvalue weighted by atomic mass is 9.71. The second-order valence-electron chi connectivity index (χ2n) is 5.46. The van der Waals surface area contributed by atoms with Gasteiger partial charge in [0.25, 0.3) is 0 Å². The van der Waals surface area contributed by atoms with E-state index in [1.54, 1.807) is 0 Å². The van der Waals surface area contributed by atoms with Gasteiger partial charge in [-0.05, 0) is 29.4 Å². The molecule has 1 aromatic carbocycles. The van der Waals surface area contributed by atoms with E-state index in [1.165, 1.54) is 17.5 Å². The first-order valence-electron chi connectivity index (χ1n) is 6.17. The topological polar surface area (TPSA) is 12.0 Å². The van der Waals surface area contributed by atoms with Crippen LogP contribution in [0, 0.1) is 0 Å². The lowest BCUT2D eigenvalue weighted by Crippen LogP contribution is -2.33. The predicted octanol–water partition coefficient (Wildman–Crippen LogP) is 4.14. The van der Waals surface area contributed by atoms with Crippen molar-refractivity contribution in [2.75, 3.05) is 6.54 Å². The smallest absolute Gasteiger partial charge is 0.0326 e. The van der Waals surface area contributed by atoms with Crippen molar-refractivity contribution in [2.45, 2.75) is 38.1 Å². The van der Waals surface area contributed by atoms with Gasteiger partial charge in [0.1, 0.15) is 0 Å². The molecule has 1 unspecified atom stereocenters. The average Bonchev–Trinajstić information content (AvgIpc) is 2.28. The van der Waals surface area contributed by atoms with E-state index in [0.717, 1.165) is 6.42 Å². The Hall–Kier alpha value is -0.790. The monoisotopic (exact) mass is 249 g/mol. The van der Waals surface area contributed by atoms with Crippen LogP contribution in [-0.2, 0) is 5.41 Å². The first kappa shape index (κ1) is 12.7. The largest absolute Gasteiger partial charge is 0.305 e. The molecule has 1 aliphatic rings. The van der Waals surface area contributed by atoms with Gasteiger partial charge in [-0.25, -0.2) is 0 Å². The SMILES string of the molecule is C=C(Cl)CNC1CCC(C)(C)c2ccccc21. The predicted molar refractivity (Wildman–Crippen MR) is 74.4 cm³/mol. The summed E-state index contributed by atoms with van der Waals surface area (Å²) in [6.45, 7) is 9.05. The van der Waals surface area contributed by atoms with Crippen molar-refractivity contribution < 1.29 is 0 Å². The van der Waals surface area contributed by atoms with Crippen LogP contribution in [0.25, 0.3) is 0 Å². The van der Waals surface area contributed by atoms with Gasteiger partial charge in [-0.1, -0.05) is 56.3 Å². The van der Waals surface area contributed by atoms with E-state index < -0.39 is 0 Å². The Morgan fingerprint density at radius 2 is 2.18 bits per heavy atom. The minimum Gasteiger partial charge on any atom is -0.305 e. The van der Waals surface area contributed by atoms with E-state index in [2.05, 4.69) is 50.0 Å². The molecule has 0 saturated carbocycles. The molecule has 17 heavy (non-hydrogen) atoms. The van der Waals surface area contributed by atoms with E-state index in [9.17, 15) is 0 Å². The number of halogens is 1. The van der Waals surface area contributed by atoms with Crippen LogP contribution >= 0.6 is 11.6 Å². The van der Waals surface area contributed by atoms with Gasteiger partial charge in [0.05, 0.1) is 0 Å². The van der Waals surface area contributed by atoms with Crippen LogP contribution in [0.15, 0.2) is 35.9 Å². The number of benzene rings is 1. The second-order valence-corrected chi connectivity index (χ2v) is 6.00. The van der Waals surface area contributed by atoms with Crippen molar-refractivity contribution >= 4 is 11.6 Å². The summed E-state index contributed by atoms with van der Waals surface area (Å²) in [5, 5.41) is 4.16. The van der Waals surface area contributed by atoms with Crippen molar-refractivity contribution in [3.05, 3.63) is 47.0 Å². The van der Waals surface area contributed by atoms with Crippen LogP contribution in [0.5, 0.6) is 0 Å². The molecule has 1 aromatic rings. The molecule has 0 bridgehead atoms. The molecule has 1 N–H and O–H groups in total. The summed E-state index contributed by atoms with van der Waals surface area (Å²) in [5.41, 5.74) is 3.16. The van der Waals surface area contributed by atoms with E-state index in [0.29, 0.717) is 17.6 Å². The molecular weight excluding hydrogens is 230 g/mol. The summed E-state index contributed by atoms with van der Waals surface area (Å²) in [4.78, 5) is 0. The van der Waals surface area contributed by atoms with Crippen molar-refractivity contribution in [3.8, 4) is 0 Å². The number of hydrogen-bond donors (Lipinski definition) is 1. The minimum atomic E-state index is 0.284. The molecule has 1 nitrogen and oxygen atoms in total. The first-order valence-corrected chi connectivity index (χ1v) is 6.54. The lowest BCUT2D eigenvalue weighted by molar-refractivity contribution is 0.365. The molecule has 2 heteroatoms. The summed E-state index contributed by atoms with van der Waals surface area (Å²) in [6, 6.07) is 9.13. The molecule has 2 rings (SSSR count). The minimum absolute atomic E-state index is 0.284. The van der Waals surface area contributed by atoms with Gasteiger partial charge >= 0.3 is 0 Å². The van der Waals surface area contributed by atoms with Crippen molar-refractivity contribution in [3.63, 3.8) is 0 Å². The van der Waals surface area contributed by atoms with E-state index in [1.807, 2.05) is 0 Å². The van der Waals surface area contributed by atoms with Crippen molar-refractivity contribution in [2.24, 2.45) is 0 Å². The molecule has 0 spiro atoms. The third kappa shape index (κ3) is 2.72. The van der Waals surface area contributed by atoms with Gasteiger partial charge in [-0.15, -0.1) is 0 Å². The summed E-state index contributed by atoms with van der Waals surface area (Å²) < 4.78 is 0. The zero-order valence-corrected chi connectivity index (χ0v) is 11.3. The van der Waals surface area contributed by atoms with Crippen LogP contribution in [0.3, 0.4) is 0 Å². The molecule has 0 fully saturated rings. The fraction of sp³-hybridized carbons (Fsp3) is 0.467. The Morgan fingerprint density at radius 1 is 1.47 bits per heavy atom. The van der Waals surface area contributed by atoms with Crippen molar-refractivity contribution in [1.82, 2.24) is 5.32 Å². The molecule has 0 radical (unpaired) electrons. The molecular formula is C15H20ClN. The molecule has 0 amide bonds. The Morgan fingerprint density at radius 3 is 2.88 bits per heavy atom. The maximum atomic E-state index is 5.82. The van der Waals surface area contributed by atoms with Gasteiger partial charge in [-0.2, -0.15) is 0 Å². The fourth-order valence-corrected chi connectivity index (χ4v) is 2.74. The highest BCUT2D eigenvalue weighted by Gasteiger charge is 2.31. The third-order valence-corrected chi connectivity index (χ3v) is 3.80. The Bertz CT molecular complexity index is 423. The summed E-state index contributed by atoms with van der Waals surface area (Å²) >= 11 is 5.82. The van der Waals surface area contributed by atoms with Crippen LogP contribution in [0.1, 0.15) is 43.9 Å². The highest BCUT2D eigenvalue weighted by Crippen LogP contribution is 2.41. The molecule has 0 aliphatic heterocycles. The summed E-state index contributed by atoms with van der Waals surface area (Å²) in [6.07, 6.45) is 2.37. The summed E-state index contributed by atoms with van der Waals surface area (Å²) in [7, 11) is 0. The highest BCUT2D eigenvalue weighted by molar-refractivity contribution is 6.29. The second kappa shape index (κ2) is 4.83. The quantitative estimate of drug-likeness (QED) is 0.849. The Balaban J connectivity index is 2.25. The third-order valence-electron chi connectivity index (χ3n) is 3.66. The Kier molecular flexibility index (Phi) is 3.60. The van der Waals surface area contributed by atoms with Crippen LogP contribution in [0.4, 0.5) is 0 Å². The van der Waals surface area contributed by atoms with E-state index in [-0.39, 0.29) is 5.41 Å². The maximum absolute atomic E-state index is 5.82. The zero-order chi connectivity index (χ0) is 12.5. The van der Waals surface area contributed by atoms with Crippen LogP contribution < -0.4 is 5.32 Å².